The molecular formula is C30H40F6N2O6S2. The topological polar surface area (TPSA) is 111 Å². The number of hydrogen-bond acceptors (Lipinski definition) is 8. The molecule has 0 amide bonds. The molecule has 0 bridgehead atoms. The van der Waals surface area contributed by atoms with Crippen LogP contribution >= 0.6 is 0 Å². The molecule has 2 fully saturated rings. The van der Waals surface area contributed by atoms with E-state index in [-0.39, 0.29) is 35.5 Å². The van der Waals surface area contributed by atoms with Gasteiger partial charge in [-0.2, -0.15) is 26.3 Å². The summed E-state index contributed by atoms with van der Waals surface area (Å²) in [6.45, 7) is 3.09. The smallest absolute Gasteiger partial charge is 0.416 e. The van der Waals surface area contributed by atoms with Gasteiger partial charge in [0.2, 0.25) is 0 Å². The summed E-state index contributed by atoms with van der Waals surface area (Å²) >= 11 is 0. The van der Waals surface area contributed by atoms with Crippen LogP contribution < -0.4 is 20.1 Å². The molecule has 4 atom stereocenters. The Labute approximate surface area is 266 Å². The Morgan fingerprint density at radius 3 is 1.22 bits per heavy atom. The Morgan fingerprint density at radius 1 is 0.652 bits per heavy atom. The van der Waals surface area contributed by atoms with Crippen molar-refractivity contribution in [2.24, 2.45) is 11.8 Å². The third kappa shape index (κ3) is 13.3. The van der Waals surface area contributed by atoms with Gasteiger partial charge in [-0.1, -0.05) is 0 Å². The Morgan fingerprint density at radius 2 is 0.978 bits per heavy atom. The summed E-state index contributed by atoms with van der Waals surface area (Å²) in [5.41, 5.74) is -1.47. The Kier molecular flexibility index (Phi) is 13.2. The van der Waals surface area contributed by atoms with Gasteiger partial charge in [-0.05, 0) is 87.3 Å². The van der Waals surface area contributed by atoms with Crippen LogP contribution in [0.25, 0.3) is 0 Å². The largest absolute Gasteiger partial charge is 0.490 e. The number of halogens is 6. The maximum Gasteiger partial charge on any atom is 0.416 e. The van der Waals surface area contributed by atoms with Crippen molar-refractivity contribution >= 4 is 19.7 Å². The summed E-state index contributed by atoms with van der Waals surface area (Å²) in [6.07, 6.45) is -4.76. The van der Waals surface area contributed by atoms with E-state index in [1.54, 1.807) is 0 Å². The SMILES string of the molecule is CS(=O)(=O)CCC(Oc1ccc(C(F)(F)F)cc1)[C@@H]1CCNC1.CS(=O)(=O)CCC(Oc1ccc(C(F)(F)F)cc1)[C@@H]1CCNC1. The van der Waals surface area contributed by atoms with E-state index in [9.17, 15) is 43.2 Å². The van der Waals surface area contributed by atoms with Crippen LogP contribution in [0.5, 0.6) is 11.5 Å². The molecule has 46 heavy (non-hydrogen) atoms. The molecule has 2 aliphatic heterocycles. The van der Waals surface area contributed by atoms with Crippen molar-refractivity contribution < 1.29 is 52.7 Å². The second-order valence-corrected chi connectivity index (χ2v) is 16.2. The fourth-order valence-corrected chi connectivity index (χ4v) is 6.55. The number of benzene rings is 2. The maximum atomic E-state index is 12.6. The molecule has 2 aliphatic rings. The third-order valence-corrected chi connectivity index (χ3v) is 9.69. The summed E-state index contributed by atoms with van der Waals surface area (Å²) in [4.78, 5) is 0. The number of nitrogens with one attached hydrogen (secondary N) is 2. The average molecular weight is 703 g/mol. The van der Waals surface area contributed by atoms with Crippen molar-refractivity contribution in [3.05, 3.63) is 59.7 Å². The summed E-state index contributed by atoms with van der Waals surface area (Å²) in [6, 6.07) is 8.98. The number of rotatable bonds is 12. The van der Waals surface area contributed by atoms with Gasteiger partial charge < -0.3 is 20.1 Å². The zero-order chi connectivity index (χ0) is 34.2. The van der Waals surface area contributed by atoms with E-state index in [1.165, 1.54) is 24.3 Å². The summed E-state index contributed by atoms with van der Waals surface area (Å²) < 4.78 is 132. The highest BCUT2D eigenvalue weighted by atomic mass is 32.2. The third-order valence-electron chi connectivity index (χ3n) is 7.73. The number of ether oxygens (including phenoxy) is 2. The zero-order valence-electron chi connectivity index (χ0n) is 25.5. The van der Waals surface area contributed by atoms with Gasteiger partial charge in [0, 0.05) is 37.4 Å². The average Bonchev–Trinajstić information content (AvgIpc) is 3.68. The second-order valence-electron chi connectivity index (χ2n) is 11.7. The first-order valence-corrected chi connectivity index (χ1v) is 18.9. The maximum absolute atomic E-state index is 12.6. The molecular weight excluding hydrogens is 662 g/mol. The first-order valence-electron chi connectivity index (χ1n) is 14.7. The Balaban J connectivity index is 0.000000250. The van der Waals surface area contributed by atoms with Crippen molar-refractivity contribution in [1.29, 1.82) is 0 Å². The van der Waals surface area contributed by atoms with Crippen LogP contribution in [-0.4, -0.2) is 79.2 Å². The van der Waals surface area contributed by atoms with Gasteiger partial charge in [0.15, 0.2) is 0 Å². The van der Waals surface area contributed by atoms with E-state index in [2.05, 4.69) is 10.6 Å². The van der Waals surface area contributed by atoms with E-state index in [1.807, 2.05) is 0 Å². The van der Waals surface area contributed by atoms with E-state index < -0.39 is 43.2 Å². The predicted molar refractivity (Wildman–Crippen MR) is 162 cm³/mol. The van der Waals surface area contributed by atoms with Crippen LogP contribution in [0.2, 0.25) is 0 Å². The van der Waals surface area contributed by atoms with Crippen LogP contribution in [0, 0.1) is 11.8 Å². The van der Waals surface area contributed by atoms with Crippen molar-refractivity contribution in [1.82, 2.24) is 10.6 Å². The zero-order valence-corrected chi connectivity index (χ0v) is 27.2. The first-order chi connectivity index (χ1) is 21.3. The van der Waals surface area contributed by atoms with E-state index in [4.69, 9.17) is 9.47 Å². The summed E-state index contributed by atoms with van der Waals surface area (Å²) in [5, 5.41) is 6.37. The number of alkyl halides is 6. The minimum absolute atomic E-state index is 0.00516. The Bertz CT molecular complexity index is 1330. The van der Waals surface area contributed by atoms with E-state index in [0.29, 0.717) is 24.3 Å². The van der Waals surface area contributed by atoms with Crippen molar-refractivity contribution in [3.8, 4) is 11.5 Å². The fraction of sp³-hybridized carbons (Fsp3) is 0.600. The lowest BCUT2D eigenvalue weighted by Gasteiger charge is -2.24. The monoisotopic (exact) mass is 702 g/mol. The molecule has 8 nitrogen and oxygen atoms in total. The van der Waals surface area contributed by atoms with E-state index >= 15 is 0 Å². The predicted octanol–water partition coefficient (Wildman–Crippen LogP) is 4.99. The lowest BCUT2D eigenvalue weighted by molar-refractivity contribution is -0.138. The van der Waals surface area contributed by atoms with Crippen LogP contribution in [0.4, 0.5) is 26.3 Å². The van der Waals surface area contributed by atoms with Gasteiger partial charge in [0.25, 0.3) is 0 Å². The van der Waals surface area contributed by atoms with Gasteiger partial charge in [-0.25, -0.2) is 16.8 Å². The van der Waals surface area contributed by atoms with Crippen molar-refractivity contribution in [2.75, 3.05) is 50.2 Å². The standard InChI is InChI=1S/2C15H20F3NO3S/c2*1-23(20,21)9-7-14(11-6-8-19-10-11)22-13-4-2-12(3-5-13)15(16,17)18/h2*2-5,11,14,19H,6-10H2,1H3/t2*11-,14?/m11/s1. The highest BCUT2D eigenvalue weighted by Gasteiger charge is 2.32. The van der Waals surface area contributed by atoms with Gasteiger partial charge in [-0.15, -0.1) is 0 Å². The molecule has 0 radical (unpaired) electrons. The second kappa shape index (κ2) is 16.0. The molecule has 0 aromatic heterocycles. The molecule has 0 spiro atoms. The van der Waals surface area contributed by atoms with Crippen LogP contribution in [-0.2, 0) is 32.0 Å². The highest BCUT2D eigenvalue weighted by molar-refractivity contribution is 7.90. The number of sulfone groups is 2. The Hall–Kier alpha value is -2.56. The molecule has 2 aromatic carbocycles. The number of hydrogen-bond donors (Lipinski definition) is 2. The molecule has 0 aliphatic carbocycles. The molecule has 260 valence electrons. The van der Waals surface area contributed by atoms with Gasteiger partial charge in [0.1, 0.15) is 43.4 Å². The van der Waals surface area contributed by atoms with Crippen molar-refractivity contribution in [3.63, 3.8) is 0 Å². The summed E-state index contributed by atoms with van der Waals surface area (Å²) in [7, 11) is -6.23. The van der Waals surface area contributed by atoms with Crippen LogP contribution in [0.15, 0.2) is 48.5 Å². The molecule has 16 heteroatoms. The van der Waals surface area contributed by atoms with Gasteiger partial charge in [-0.3, -0.25) is 0 Å². The van der Waals surface area contributed by atoms with Gasteiger partial charge in [0.05, 0.1) is 22.6 Å². The quantitative estimate of drug-likeness (QED) is 0.298. The van der Waals surface area contributed by atoms with Crippen LogP contribution in [0.3, 0.4) is 0 Å². The van der Waals surface area contributed by atoms with Gasteiger partial charge >= 0.3 is 12.4 Å². The minimum Gasteiger partial charge on any atom is -0.490 e. The minimum atomic E-state index is -4.39. The lowest BCUT2D eigenvalue weighted by Crippen LogP contribution is -2.31. The summed E-state index contributed by atoms with van der Waals surface area (Å²) in [5.74, 6) is 0.939. The highest BCUT2D eigenvalue weighted by Crippen LogP contribution is 2.32. The molecule has 2 heterocycles. The first kappa shape index (κ1) is 37.9. The van der Waals surface area contributed by atoms with Crippen molar-refractivity contribution in [2.45, 2.75) is 50.2 Å². The molecule has 2 unspecified atom stereocenters. The molecule has 2 N–H and O–H groups in total. The molecule has 2 saturated heterocycles. The molecule has 4 rings (SSSR count). The fourth-order valence-electron chi connectivity index (χ4n) is 5.23. The molecule has 2 aromatic rings. The normalized spacial score (nSPS) is 20.4. The lowest BCUT2D eigenvalue weighted by atomic mass is 9.99. The van der Waals surface area contributed by atoms with Crippen LogP contribution in [0.1, 0.15) is 36.8 Å². The van der Waals surface area contributed by atoms with E-state index in [0.717, 1.165) is 75.8 Å². The molecule has 0 saturated carbocycles.